The molecule has 0 aromatic carbocycles. The number of esters is 1. The second-order valence-corrected chi connectivity index (χ2v) is 6.33. The van der Waals surface area contributed by atoms with Crippen LogP contribution in [0.1, 0.15) is 19.3 Å². The van der Waals surface area contributed by atoms with Gasteiger partial charge >= 0.3 is 5.97 Å². The van der Waals surface area contributed by atoms with Crippen molar-refractivity contribution < 1.29 is 19.1 Å². The van der Waals surface area contributed by atoms with Gasteiger partial charge in [-0.1, -0.05) is 0 Å². The minimum atomic E-state index is -0.235. The Morgan fingerprint density at radius 3 is 2.32 bits per heavy atom. The van der Waals surface area contributed by atoms with E-state index >= 15 is 0 Å². The molecule has 3 heterocycles. The van der Waals surface area contributed by atoms with Gasteiger partial charge in [0.1, 0.15) is 0 Å². The third-order valence-corrected chi connectivity index (χ3v) is 5.38. The number of carbonyl (C=O) groups excluding carboxylic acids is 2. The molecule has 3 aliphatic heterocycles. The summed E-state index contributed by atoms with van der Waals surface area (Å²) >= 11 is 0. The van der Waals surface area contributed by atoms with E-state index in [0.29, 0.717) is 30.5 Å². The highest BCUT2D eigenvalue weighted by Crippen LogP contribution is 2.49. The summed E-state index contributed by atoms with van der Waals surface area (Å²) in [5, 5.41) is 0. The minimum absolute atomic E-state index is 0.121. The number of hydrogen-bond acceptors (Lipinski definition) is 4. The lowest BCUT2D eigenvalue weighted by Gasteiger charge is -2.18. The fourth-order valence-corrected chi connectivity index (χ4v) is 4.25. The maximum Gasteiger partial charge on any atom is 0.309 e. The van der Waals surface area contributed by atoms with E-state index in [1.165, 1.54) is 7.11 Å². The van der Waals surface area contributed by atoms with E-state index in [1.54, 1.807) is 0 Å². The fourth-order valence-electron chi connectivity index (χ4n) is 4.25. The molecule has 6 atom stereocenters. The van der Waals surface area contributed by atoms with Crippen molar-refractivity contribution in [2.24, 2.45) is 23.7 Å². The van der Waals surface area contributed by atoms with Gasteiger partial charge in [0.15, 0.2) is 0 Å². The molecule has 4 fully saturated rings. The molecule has 5 heteroatoms. The predicted molar refractivity (Wildman–Crippen MR) is 65.1 cm³/mol. The van der Waals surface area contributed by atoms with E-state index in [2.05, 4.69) is 0 Å². The summed E-state index contributed by atoms with van der Waals surface area (Å²) in [6.45, 7) is 1.66. The standard InChI is InChI=1S/C14H19NO4/c1-18-14(17)8-4-7(8)13(16)15-5-9-10(6-15)12-3-2-11(9)19-12/h7-12H,2-6H2,1H3. The van der Waals surface area contributed by atoms with Gasteiger partial charge in [0.25, 0.3) is 0 Å². The summed E-state index contributed by atoms with van der Waals surface area (Å²) in [6, 6.07) is 0. The van der Waals surface area contributed by atoms with E-state index in [4.69, 9.17) is 9.47 Å². The van der Waals surface area contributed by atoms with Crippen LogP contribution in [-0.2, 0) is 19.1 Å². The molecule has 0 aromatic heterocycles. The quantitative estimate of drug-likeness (QED) is 0.680. The Balaban J connectivity index is 1.40. The van der Waals surface area contributed by atoms with E-state index in [1.807, 2.05) is 4.90 Å². The van der Waals surface area contributed by atoms with Crippen LogP contribution in [0, 0.1) is 23.7 Å². The van der Waals surface area contributed by atoms with Crippen LogP contribution in [0.3, 0.4) is 0 Å². The first-order chi connectivity index (χ1) is 9.19. The molecular formula is C14H19NO4. The number of hydrogen-bond donors (Lipinski definition) is 0. The Labute approximate surface area is 112 Å². The average Bonchev–Trinajstić information content (AvgIpc) is 2.79. The minimum Gasteiger partial charge on any atom is -0.469 e. The van der Waals surface area contributed by atoms with Crippen LogP contribution in [-0.4, -0.2) is 49.2 Å². The largest absolute Gasteiger partial charge is 0.469 e. The highest BCUT2D eigenvalue weighted by atomic mass is 16.5. The fraction of sp³-hybridized carbons (Fsp3) is 0.857. The zero-order valence-electron chi connectivity index (χ0n) is 11.1. The Kier molecular flexibility index (Phi) is 2.43. The molecule has 4 aliphatic rings. The third-order valence-electron chi connectivity index (χ3n) is 5.38. The van der Waals surface area contributed by atoms with Crippen molar-refractivity contribution in [2.75, 3.05) is 20.2 Å². The van der Waals surface area contributed by atoms with Crippen molar-refractivity contribution in [3.8, 4) is 0 Å². The Bertz CT molecular complexity index is 419. The van der Waals surface area contributed by atoms with Gasteiger partial charge in [0.2, 0.25) is 5.91 Å². The second-order valence-electron chi connectivity index (χ2n) is 6.33. The molecule has 19 heavy (non-hydrogen) atoms. The van der Waals surface area contributed by atoms with Gasteiger partial charge in [0, 0.05) is 24.9 Å². The van der Waals surface area contributed by atoms with Crippen molar-refractivity contribution >= 4 is 11.9 Å². The molecule has 2 bridgehead atoms. The van der Waals surface area contributed by atoms with E-state index in [9.17, 15) is 9.59 Å². The maximum atomic E-state index is 12.4. The summed E-state index contributed by atoms with van der Waals surface area (Å²) in [5.41, 5.74) is 0. The van der Waals surface area contributed by atoms with Crippen LogP contribution >= 0.6 is 0 Å². The number of rotatable bonds is 2. The van der Waals surface area contributed by atoms with Crippen molar-refractivity contribution in [2.45, 2.75) is 31.5 Å². The summed E-state index contributed by atoms with van der Waals surface area (Å²) in [7, 11) is 1.39. The molecule has 5 nitrogen and oxygen atoms in total. The molecule has 0 aromatic rings. The molecular weight excluding hydrogens is 246 g/mol. The first kappa shape index (κ1) is 11.7. The van der Waals surface area contributed by atoms with Crippen molar-refractivity contribution in [1.29, 1.82) is 0 Å². The van der Waals surface area contributed by atoms with Gasteiger partial charge in [0.05, 0.1) is 31.2 Å². The van der Waals surface area contributed by atoms with E-state index in [-0.39, 0.29) is 23.7 Å². The Morgan fingerprint density at radius 1 is 1.11 bits per heavy atom. The lowest BCUT2D eigenvalue weighted by atomic mass is 9.82. The lowest BCUT2D eigenvalue weighted by molar-refractivity contribution is -0.144. The number of likely N-dealkylation sites (tertiary alicyclic amines) is 1. The molecule has 4 rings (SSSR count). The molecule has 104 valence electrons. The zero-order chi connectivity index (χ0) is 13.1. The van der Waals surface area contributed by atoms with Gasteiger partial charge in [-0.25, -0.2) is 0 Å². The highest BCUT2D eigenvalue weighted by molar-refractivity contribution is 5.90. The zero-order valence-corrected chi connectivity index (χ0v) is 11.1. The molecule has 0 spiro atoms. The number of carbonyl (C=O) groups is 2. The first-order valence-corrected chi connectivity index (χ1v) is 7.21. The number of ether oxygens (including phenoxy) is 2. The summed E-state index contributed by atoms with van der Waals surface area (Å²) < 4.78 is 10.6. The first-order valence-electron chi connectivity index (χ1n) is 7.21. The van der Waals surface area contributed by atoms with E-state index < -0.39 is 0 Å². The smallest absolute Gasteiger partial charge is 0.309 e. The third kappa shape index (κ3) is 1.64. The highest BCUT2D eigenvalue weighted by Gasteiger charge is 2.57. The van der Waals surface area contributed by atoms with Crippen LogP contribution < -0.4 is 0 Å². The van der Waals surface area contributed by atoms with E-state index in [0.717, 1.165) is 25.9 Å². The van der Waals surface area contributed by atoms with Crippen molar-refractivity contribution in [1.82, 2.24) is 4.90 Å². The van der Waals surface area contributed by atoms with Crippen LogP contribution in [0.25, 0.3) is 0 Å². The Hall–Kier alpha value is -1.10. The number of amides is 1. The molecule has 1 saturated carbocycles. The normalized spacial score (nSPS) is 46.3. The van der Waals surface area contributed by atoms with Gasteiger partial charge in [-0.05, 0) is 19.3 Å². The maximum absolute atomic E-state index is 12.4. The lowest BCUT2D eigenvalue weighted by Crippen LogP contribution is -2.33. The van der Waals surface area contributed by atoms with Gasteiger partial charge < -0.3 is 14.4 Å². The average molecular weight is 265 g/mol. The second kappa shape index (κ2) is 3.95. The van der Waals surface area contributed by atoms with Crippen molar-refractivity contribution in [3.05, 3.63) is 0 Å². The van der Waals surface area contributed by atoms with Gasteiger partial charge in [-0.15, -0.1) is 0 Å². The van der Waals surface area contributed by atoms with Crippen LogP contribution in [0.4, 0.5) is 0 Å². The predicted octanol–water partition coefficient (Wildman–Crippen LogP) is 0.431. The topological polar surface area (TPSA) is 55.8 Å². The molecule has 6 unspecified atom stereocenters. The molecule has 3 saturated heterocycles. The van der Waals surface area contributed by atoms with Crippen molar-refractivity contribution in [3.63, 3.8) is 0 Å². The van der Waals surface area contributed by atoms with Gasteiger partial charge in [-0.2, -0.15) is 0 Å². The number of fused-ring (bicyclic) bond motifs is 5. The number of nitrogens with zero attached hydrogens (tertiary/aromatic N) is 1. The SMILES string of the molecule is COC(=O)C1CC1C(=O)N1CC2C3CCC(O3)C2C1. The molecule has 1 aliphatic carbocycles. The summed E-state index contributed by atoms with van der Waals surface area (Å²) in [6.07, 6.45) is 3.73. The molecule has 0 N–H and O–H groups in total. The van der Waals surface area contributed by atoms with Gasteiger partial charge in [-0.3, -0.25) is 9.59 Å². The van der Waals surface area contributed by atoms with Crippen LogP contribution in [0.2, 0.25) is 0 Å². The summed E-state index contributed by atoms with van der Waals surface area (Å²) in [5.74, 6) is 0.692. The number of methoxy groups -OCH3 is 1. The monoisotopic (exact) mass is 265 g/mol. The Morgan fingerprint density at radius 2 is 1.74 bits per heavy atom. The van der Waals surface area contributed by atoms with Crippen LogP contribution in [0.5, 0.6) is 0 Å². The molecule has 0 radical (unpaired) electrons. The molecule has 1 amide bonds. The van der Waals surface area contributed by atoms with Crippen LogP contribution in [0.15, 0.2) is 0 Å². The summed E-state index contributed by atoms with van der Waals surface area (Å²) in [4.78, 5) is 25.8.